The van der Waals surface area contributed by atoms with Crippen LogP contribution in [0.25, 0.3) is 5.65 Å². The summed E-state index contributed by atoms with van der Waals surface area (Å²) in [5.74, 6) is 1.89. The summed E-state index contributed by atoms with van der Waals surface area (Å²) in [6.45, 7) is 1.68. The molecule has 0 spiro atoms. The Morgan fingerprint density at radius 3 is 2.88 bits per heavy atom. The second-order valence-electron chi connectivity index (χ2n) is 5.68. The van der Waals surface area contributed by atoms with Gasteiger partial charge in [0.1, 0.15) is 5.82 Å². The fraction of sp³-hybridized carbons (Fsp3) is 0.353. The number of pyridine rings is 1. The van der Waals surface area contributed by atoms with Gasteiger partial charge in [0.15, 0.2) is 11.6 Å². The van der Waals surface area contributed by atoms with Gasteiger partial charge in [-0.15, -0.1) is 45.5 Å². The maximum atomic E-state index is 4.37. The van der Waals surface area contributed by atoms with Crippen molar-refractivity contribution in [3.63, 3.8) is 0 Å². The predicted octanol–water partition coefficient (Wildman–Crippen LogP) is 3.81. The monoisotopic (exact) mass is 548 g/mol. The lowest BCUT2D eigenvalue weighted by Gasteiger charge is -2.21. The molecular weight excluding hydrogens is 527 g/mol. The van der Waals surface area contributed by atoms with Crippen molar-refractivity contribution >= 4 is 62.9 Å². The average molecular weight is 549 g/mol. The molecule has 0 bridgehead atoms. The molecule has 26 heavy (non-hydrogen) atoms. The minimum atomic E-state index is 0. The molecule has 3 rings (SSSR count). The fourth-order valence-electron chi connectivity index (χ4n) is 2.64. The summed E-state index contributed by atoms with van der Waals surface area (Å²) in [6.07, 6.45) is 3.84. The van der Waals surface area contributed by atoms with Crippen LogP contribution in [0.2, 0.25) is 0 Å². The first-order valence-electron chi connectivity index (χ1n) is 8.12. The van der Waals surface area contributed by atoms with E-state index in [0.29, 0.717) is 0 Å². The first kappa shape index (κ1) is 21.1. The predicted molar refractivity (Wildman–Crippen MR) is 122 cm³/mol. The maximum absolute atomic E-state index is 4.37. The third-order valence-electron chi connectivity index (χ3n) is 3.84. The minimum Gasteiger partial charge on any atom is -0.356 e. The molecule has 0 aromatic carbocycles. The van der Waals surface area contributed by atoms with Gasteiger partial charge in [-0.05, 0) is 46.6 Å². The van der Waals surface area contributed by atoms with Gasteiger partial charge < -0.3 is 10.2 Å². The molecule has 0 amide bonds. The summed E-state index contributed by atoms with van der Waals surface area (Å²) >= 11 is 5.25. The van der Waals surface area contributed by atoms with E-state index in [1.165, 1.54) is 4.88 Å². The van der Waals surface area contributed by atoms with Crippen molar-refractivity contribution in [2.24, 2.45) is 4.99 Å². The zero-order valence-corrected chi connectivity index (χ0v) is 19.5. The number of halogens is 2. The molecular formula is C17H22BrIN6S. The molecule has 0 saturated heterocycles. The Morgan fingerprint density at radius 1 is 1.31 bits per heavy atom. The zero-order valence-electron chi connectivity index (χ0n) is 14.7. The van der Waals surface area contributed by atoms with Crippen molar-refractivity contribution in [1.82, 2.24) is 24.8 Å². The van der Waals surface area contributed by atoms with Crippen LogP contribution in [-0.4, -0.2) is 46.1 Å². The van der Waals surface area contributed by atoms with E-state index in [9.17, 15) is 0 Å². The highest BCUT2D eigenvalue weighted by molar-refractivity contribution is 14.0. The molecule has 1 N–H and O–H groups in total. The van der Waals surface area contributed by atoms with Crippen LogP contribution in [0.5, 0.6) is 0 Å². The van der Waals surface area contributed by atoms with Crippen LogP contribution in [0, 0.1) is 0 Å². The number of nitrogens with one attached hydrogen (secondary N) is 1. The van der Waals surface area contributed by atoms with E-state index < -0.39 is 0 Å². The van der Waals surface area contributed by atoms with Crippen molar-refractivity contribution in [3.8, 4) is 0 Å². The SMILES string of the molecule is CN=C(NCCCc1nnc2ccccn12)N(C)Cc1ccc(Br)s1.I. The number of aryl methyl sites for hydroxylation is 1. The molecule has 9 heteroatoms. The molecule has 0 atom stereocenters. The number of aliphatic imine (C=N–C) groups is 1. The van der Waals surface area contributed by atoms with Gasteiger partial charge in [-0.1, -0.05) is 6.07 Å². The van der Waals surface area contributed by atoms with Gasteiger partial charge in [0.05, 0.1) is 10.3 Å². The Kier molecular flexibility index (Phi) is 8.29. The molecule has 0 radical (unpaired) electrons. The lowest BCUT2D eigenvalue weighted by Crippen LogP contribution is -2.38. The second-order valence-corrected chi connectivity index (χ2v) is 8.23. The van der Waals surface area contributed by atoms with Crippen LogP contribution in [0.1, 0.15) is 17.1 Å². The van der Waals surface area contributed by atoms with E-state index in [0.717, 1.165) is 47.1 Å². The topological polar surface area (TPSA) is 57.8 Å². The summed E-state index contributed by atoms with van der Waals surface area (Å²) in [7, 11) is 3.87. The van der Waals surface area contributed by atoms with Gasteiger partial charge in [0, 0.05) is 38.1 Å². The summed E-state index contributed by atoms with van der Waals surface area (Å²) in [5, 5.41) is 11.9. The average Bonchev–Trinajstić information content (AvgIpc) is 3.21. The number of rotatable bonds is 6. The molecule has 0 aliphatic carbocycles. The van der Waals surface area contributed by atoms with Crippen LogP contribution in [0.15, 0.2) is 45.3 Å². The Labute approximate surface area is 182 Å². The van der Waals surface area contributed by atoms with E-state index in [2.05, 4.69) is 60.5 Å². The molecule has 0 aliphatic heterocycles. The molecule has 0 fully saturated rings. The van der Waals surface area contributed by atoms with Crippen LogP contribution in [0.4, 0.5) is 0 Å². The van der Waals surface area contributed by atoms with Gasteiger partial charge in [0.2, 0.25) is 0 Å². The fourth-order valence-corrected chi connectivity index (χ4v) is 4.17. The van der Waals surface area contributed by atoms with Crippen LogP contribution < -0.4 is 5.32 Å². The molecule has 0 unspecified atom stereocenters. The van der Waals surface area contributed by atoms with Crippen molar-refractivity contribution in [1.29, 1.82) is 0 Å². The summed E-state index contributed by atoms with van der Waals surface area (Å²) in [5.41, 5.74) is 0.892. The van der Waals surface area contributed by atoms with Gasteiger partial charge in [-0.25, -0.2) is 0 Å². The van der Waals surface area contributed by atoms with E-state index in [4.69, 9.17) is 0 Å². The first-order valence-corrected chi connectivity index (χ1v) is 9.73. The molecule has 0 aliphatic rings. The Morgan fingerprint density at radius 2 is 2.15 bits per heavy atom. The molecule has 3 aromatic rings. The molecule has 3 aromatic heterocycles. The third-order valence-corrected chi connectivity index (χ3v) is 5.45. The number of aromatic nitrogens is 3. The molecule has 140 valence electrons. The highest BCUT2D eigenvalue weighted by Gasteiger charge is 2.09. The van der Waals surface area contributed by atoms with Gasteiger partial charge in [-0.3, -0.25) is 9.39 Å². The molecule has 0 saturated carbocycles. The highest BCUT2D eigenvalue weighted by atomic mass is 127. The molecule has 3 heterocycles. The first-order chi connectivity index (χ1) is 12.2. The normalized spacial score (nSPS) is 11.4. The Balaban J connectivity index is 0.00000243. The Hall–Kier alpha value is -1.20. The number of hydrogen-bond donors (Lipinski definition) is 1. The number of hydrogen-bond acceptors (Lipinski definition) is 4. The van der Waals surface area contributed by atoms with Crippen LogP contribution >= 0.6 is 51.2 Å². The van der Waals surface area contributed by atoms with Crippen molar-refractivity contribution in [2.75, 3.05) is 20.6 Å². The summed E-state index contributed by atoms with van der Waals surface area (Å²) in [4.78, 5) is 7.79. The molecule has 6 nitrogen and oxygen atoms in total. The second kappa shape index (κ2) is 10.2. The minimum absolute atomic E-state index is 0. The largest absolute Gasteiger partial charge is 0.356 e. The zero-order chi connectivity index (χ0) is 17.6. The summed E-state index contributed by atoms with van der Waals surface area (Å²) in [6, 6.07) is 10.1. The van der Waals surface area contributed by atoms with Gasteiger partial charge in [0.25, 0.3) is 0 Å². The van der Waals surface area contributed by atoms with Crippen molar-refractivity contribution in [3.05, 3.63) is 51.0 Å². The van der Waals surface area contributed by atoms with E-state index >= 15 is 0 Å². The number of fused-ring (bicyclic) bond motifs is 1. The van der Waals surface area contributed by atoms with Gasteiger partial charge in [-0.2, -0.15) is 0 Å². The highest BCUT2D eigenvalue weighted by Crippen LogP contribution is 2.22. The number of thiophene rings is 1. The Bertz CT molecular complexity index is 862. The lowest BCUT2D eigenvalue weighted by atomic mass is 10.3. The number of guanidine groups is 1. The van der Waals surface area contributed by atoms with Crippen molar-refractivity contribution in [2.45, 2.75) is 19.4 Å². The van der Waals surface area contributed by atoms with Crippen LogP contribution in [0.3, 0.4) is 0 Å². The van der Waals surface area contributed by atoms with E-state index in [1.54, 1.807) is 11.3 Å². The third kappa shape index (κ3) is 5.40. The number of nitrogens with zero attached hydrogens (tertiary/aromatic N) is 5. The summed E-state index contributed by atoms with van der Waals surface area (Å²) < 4.78 is 3.19. The lowest BCUT2D eigenvalue weighted by molar-refractivity contribution is 0.480. The smallest absolute Gasteiger partial charge is 0.193 e. The van der Waals surface area contributed by atoms with Gasteiger partial charge >= 0.3 is 0 Å². The maximum Gasteiger partial charge on any atom is 0.193 e. The van der Waals surface area contributed by atoms with Crippen molar-refractivity contribution < 1.29 is 0 Å². The van der Waals surface area contributed by atoms with E-state index in [-0.39, 0.29) is 24.0 Å². The van der Waals surface area contributed by atoms with Crippen LogP contribution in [-0.2, 0) is 13.0 Å². The van der Waals surface area contributed by atoms with E-state index in [1.807, 2.05) is 35.8 Å². The standard InChI is InChI=1S/C17H21BrN6S.HI/c1-19-17(23(2)12-13-8-9-14(18)25-13)20-10-5-7-16-22-21-15-6-3-4-11-24(15)16;/h3-4,6,8-9,11H,5,7,10,12H2,1-2H3,(H,19,20);1H. The quantitative estimate of drug-likeness (QED) is 0.220.